The van der Waals surface area contributed by atoms with Crippen LogP contribution in [0.1, 0.15) is 92.9 Å². The third-order valence-electron chi connectivity index (χ3n) is 11.3. The van der Waals surface area contributed by atoms with Gasteiger partial charge in [0, 0.05) is 17.4 Å². The Morgan fingerprint density at radius 3 is 2.53 bits per heavy atom. The van der Waals surface area contributed by atoms with Crippen LogP contribution in [0.25, 0.3) is 0 Å². The van der Waals surface area contributed by atoms with Crippen LogP contribution < -0.4 is 0 Å². The Kier molecular flexibility index (Phi) is 6.30. The minimum absolute atomic E-state index is 0.0579. The molecule has 0 aromatic carbocycles. The predicted molar refractivity (Wildman–Crippen MR) is 136 cm³/mol. The maximum Gasteiger partial charge on any atom is 0.330 e. The summed E-state index contributed by atoms with van der Waals surface area (Å²) in [6.45, 7) is 17.7. The Labute approximate surface area is 206 Å². The molecule has 4 rings (SSSR count). The molecule has 0 heterocycles. The number of carboxylic acid groups (broad SMARTS) is 1. The van der Waals surface area contributed by atoms with Gasteiger partial charge in [-0.3, -0.25) is 0 Å². The van der Waals surface area contributed by atoms with Gasteiger partial charge in [-0.15, -0.1) is 0 Å². The summed E-state index contributed by atoms with van der Waals surface area (Å²) in [5, 5.41) is 30.8. The van der Waals surface area contributed by atoms with E-state index < -0.39 is 17.2 Å². The van der Waals surface area contributed by atoms with E-state index in [4.69, 9.17) is 5.11 Å². The molecule has 3 N–H and O–H groups in total. The van der Waals surface area contributed by atoms with Crippen molar-refractivity contribution in [3.63, 3.8) is 0 Å². The molecule has 34 heavy (non-hydrogen) atoms. The topological polar surface area (TPSA) is 77.8 Å². The van der Waals surface area contributed by atoms with Crippen LogP contribution in [-0.4, -0.2) is 27.1 Å². The van der Waals surface area contributed by atoms with Gasteiger partial charge in [-0.25, -0.2) is 4.79 Å². The molecular formula is C30H46O4. The number of hydrogen-bond donors (Lipinski definition) is 3. The predicted octanol–water partition coefficient (Wildman–Crippen LogP) is 6.50. The van der Waals surface area contributed by atoms with Crippen molar-refractivity contribution in [2.75, 3.05) is 0 Å². The molecule has 3 saturated carbocycles. The fourth-order valence-electron chi connectivity index (χ4n) is 8.95. The first-order chi connectivity index (χ1) is 15.7. The smallest absolute Gasteiger partial charge is 0.330 e. The molecule has 0 bridgehead atoms. The van der Waals surface area contributed by atoms with E-state index in [1.165, 1.54) is 18.4 Å². The van der Waals surface area contributed by atoms with Crippen LogP contribution in [0, 0.1) is 45.8 Å². The number of allylic oxidation sites excluding steroid dienone is 4. The van der Waals surface area contributed by atoms with Crippen LogP contribution in [0.2, 0.25) is 0 Å². The second-order valence-electron chi connectivity index (χ2n) is 13.3. The lowest BCUT2D eigenvalue weighted by Gasteiger charge is -2.64. The number of aliphatic carboxylic acids is 1. The summed E-state index contributed by atoms with van der Waals surface area (Å²) in [4.78, 5) is 11.1. The summed E-state index contributed by atoms with van der Waals surface area (Å²) in [7, 11) is 0. The minimum Gasteiger partial charge on any atom is -0.478 e. The SMILES string of the molecule is C=C1C[C@H]2C(=CC[C@H]3C(C)(C)C(O)(O)CC[C@]23C)[C@]2(C)CC[C@H]([C@H](C)CC/C=C(\C)C(=O)O)[C@@H]12. The van der Waals surface area contributed by atoms with Gasteiger partial charge in [-0.2, -0.15) is 0 Å². The molecule has 4 aliphatic carbocycles. The summed E-state index contributed by atoms with van der Waals surface area (Å²) < 4.78 is 0. The molecule has 0 aromatic heterocycles. The van der Waals surface area contributed by atoms with Crippen molar-refractivity contribution < 1.29 is 20.1 Å². The van der Waals surface area contributed by atoms with Gasteiger partial charge in [0.25, 0.3) is 0 Å². The highest BCUT2D eigenvalue weighted by Gasteiger charge is 2.65. The minimum atomic E-state index is -1.61. The summed E-state index contributed by atoms with van der Waals surface area (Å²) in [5.41, 5.74) is 3.10. The Balaban J connectivity index is 1.60. The summed E-state index contributed by atoms with van der Waals surface area (Å²) in [5.74, 6) is -0.147. The number of rotatable bonds is 5. The first-order valence-corrected chi connectivity index (χ1v) is 13.4. The largest absolute Gasteiger partial charge is 0.478 e. The zero-order chi connectivity index (χ0) is 25.3. The number of carbonyl (C=O) groups is 1. The van der Waals surface area contributed by atoms with Gasteiger partial charge in [0.05, 0.1) is 0 Å². The molecule has 4 heteroatoms. The molecule has 3 fully saturated rings. The van der Waals surface area contributed by atoms with Gasteiger partial charge >= 0.3 is 5.97 Å². The number of aliphatic hydroxyl groups is 2. The lowest BCUT2D eigenvalue weighted by Crippen LogP contribution is -2.61. The van der Waals surface area contributed by atoms with Gasteiger partial charge in [-0.1, -0.05) is 64.5 Å². The lowest BCUT2D eigenvalue weighted by molar-refractivity contribution is -0.294. The second-order valence-corrected chi connectivity index (χ2v) is 13.3. The maximum absolute atomic E-state index is 11.1. The normalized spacial score (nSPS) is 41.7. The molecule has 4 nitrogen and oxygen atoms in total. The van der Waals surface area contributed by atoms with E-state index in [9.17, 15) is 15.0 Å². The monoisotopic (exact) mass is 470 g/mol. The maximum atomic E-state index is 11.1. The molecule has 0 amide bonds. The number of carboxylic acids is 1. The lowest BCUT2D eigenvalue weighted by atomic mass is 9.42. The van der Waals surface area contributed by atoms with Crippen LogP contribution in [0.4, 0.5) is 0 Å². The highest BCUT2D eigenvalue weighted by atomic mass is 16.5. The number of hydrogen-bond acceptors (Lipinski definition) is 3. The third kappa shape index (κ3) is 3.66. The standard InChI is InChI=1S/C30H46O4/c1-18(9-8-10-19(2)26(31)32)21-13-14-29(7)22-11-12-24-27(4,5)30(33,34)16-15-28(24,6)23(22)17-20(3)25(21)29/h10-11,18,21,23-25,33-34H,3,8-9,12-17H2,1-2,4-7H3,(H,31,32)/b19-10+/t18-,21-,23+,24+,25-,28-,29+/m1/s1. The average Bonchev–Trinajstić information content (AvgIpc) is 3.11. The second kappa shape index (κ2) is 8.34. The molecule has 0 aromatic rings. The Morgan fingerprint density at radius 2 is 1.88 bits per heavy atom. The molecule has 4 aliphatic rings. The van der Waals surface area contributed by atoms with Crippen LogP contribution >= 0.6 is 0 Å². The van der Waals surface area contributed by atoms with E-state index in [0.717, 1.165) is 32.1 Å². The first-order valence-electron chi connectivity index (χ1n) is 13.4. The van der Waals surface area contributed by atoms with E-state index in [-0.39, 0.29) is 16.7 Å². The van der Waals surface area contributed by atoms with E-state index in [1.807, 2.05) is 19.9 Å². The molecule has 0 aliphatic heterocycles. The zero-order valence-corrected chi connectivity index (χ0v) is 22.2. The van der Waals surface area contributed by atoms with Crippen LogP contribution in [0.3, 0.4) is 0 Å². The molecule has 0 unspecified atom stereocenters. The fraction of sp³-hybridized carbons (Fsp3) is 0.767. The van der Waals surface area contributed by atoms with Crippen LogP contribution in [0.5, 0.6) is 0 Å². The zero-order valence-electron chi connectivity index (χ0n) is 22.2. The van der Waals surface area contributed by atoms with Gasteiger partial charge in [0.1, 0.15) is 0 Å². The van der Waals surface area contributed by atoms with E-state index >= 15 is 0 Å². The first kappa shape index (κ1) is 25.7. The molecule has 0 saturated heterocycles. The number of fused-ring (bicyclic) bond motifs is 5. The van der Waals surface area contributed by atoms with Crippen molar-refractivity contribution in [2.45, 2.75) is 98.7 Å². The van der Waals surface area contributed by atoms with Crippen molar-refractivity contribution in [2.24, 2.45) is 45.8 Å². The van der Waals surface area contributed by atoms with Gasteiger partial charge in [0.2, 0.25) is 0 Å². The van der Waals surface area contributed by atoms with E-state index in [1.54, 1.807) is 12.5 Å². The van der Waals surface area contributed by atoms with E-state index in [2.05, 4.69) is 33.4 Å². The highest BCUT2D eigenvalue weighted by Crippen LogP contribution is 2.70. The van der Waals surface area contributed by atoms with Gasteiger partial charge in [-0.05, 0) is 92.3 Å². The Hall–Kier alpha value is -1.39. The molecule has 0 radical (unpaired) electrons. The molecule has 190 valence electrons. The van der Waals surface area contributed by atoms with Crippen molar-refractivity contribution in [3.8, 4) is 0 Å². The molecule has 7 atom stereocenters. The highest BCUT2D eigenvalue weighted by molar-refractivity contribution is 5.85. The third-order valence-corrected chi connectivity index (χ3v) is 11.3. The van der Waals surface area contributed by atoms with Crippen molar-refractivity contribution >= 4 is 5.97 Å². The van der Waals surface area contributed by atoms with Crippen LogP contribution in [-0.2, 0) is 4.79 Å². The molecular weight excluding hydrogens is 424 g/mol. The van der Waals surface area contributed by atoms with Crippen molar-refractivity contribution in [1.29, 1.82) is 0 Å². The van der Waals surface area contributed by atoms with Crippen molar-refractivity contribution in [3.05, 3.63) is 35.5 Å². The van der Waals surface area contributed by atoms with Crippen LogP contribution in [0.15, 0.2) is 35.5 Å². The average molecular weight is 471 g/mol. The quantitative estimate of drug-likeness (QED) is 0.244. The van der Waals surface area contributed by atoms with Gasteiger partial charge in [0.15, 0.2) is 5.79 Å². The summed E-state index contributed by atoms with van der Waals surface area (Å²) in [6.07, 6.45) is 11.8. The fourth-order valence-corrected chi connectivity index (χ4v) is 8.95. The van der Waals surface area contributed by atoms with E-state index in [0.29, 0.717) is 35.7 Å². The van der Waals surface area contributed by atoms with Gasteiger partial charge < -0.3 is 15.3 Å². The summed E-state index contributed by atoms with van der Waals surface area (Å²) in [6, 6.07) is 0. The Bertz CT molecular complexity index is 924. The molecule has 0 spiro atoms. The van der Waals surface area contributed by atoms with Crippen molar-refractivity contribution in [1.82, 2.24) is 0 Å². The summed E-state index contributed by atoms with van der Waals surface area (Å²) >= 11 is 0. The Morgan fingerprint density at radius 1 is 1.21 bits per heavy atom.